The van der Waals surface area contributed by atoms with Gasteiger partial charge in [0.1, 0.15) is 17.8 Å². The lowest BCUT2D eigenvalue weighted by Gasteiger charge is -2.35. The van der Waals surface area contributed by atoms with Gasteiger partial charge >= 0.3 is 0 Å². The molecule has 1 aliphatic heterocycles. The number of amides is 4. The average molecular weight is 720 g/mol. The topological polar surface area (TPSA) is 164 Å². The number of aliphatic hydroxyl groups is 1. The molecule has 0 radical (unpaired) electrons. The van der Waals surface area contributed by atoms with Crippen LogP contribution in [0.3, 0.4) is 0 Å². The summed E-state index contributed by atoms with van der Waals surface area (Å²) < 4.78 is 5.91. The van der Waals surface area contributed by atoms with Crippen LogP contribution < -0.4 is 21.1 Å². The zero-order chi connectivity index (χ0) is 37.3. The maximum atomic E-state index is 14.0. The first-order valence-corrected chi connectivity index (χ1v) is 18.6. The fourth-order valence-electron chi connectivity index (χ4n) is 6.20. The molecule has 0 bridgehead atoms. The molecule has 11 nitrogen and oxygen atoms in total. The van der Waals surface area contributed by atoms with Gasteiger partial charge in [0.05, 0.1) is 34.8 Å². The van der Waals surface area contributed by atoms with E-state index in [1.165, 1.54) is 4.90 Å². The number of primary amides is 1. The van der Waals surface area contributed by atoms with Crippen molar-refractivity contribution in [2.45, 2.75) is 104 Å². The van der Waals surface area contributed by atoms with Crippen molar-refractivity contribution in [3.63, 3.8) is 0 Å². The van der Waals surface area contributed by atoms with Crippen LogP contribution in [0.1, 0.15) is 89.6 Å². The van der Waals surface area contributed by atoms with E-state index >= 15 is 0 Å². The molecule has 4 amide bonds. The number of nitrogens with zero attached hydrogens (tertiary/aromatic N) is 2. The van der Waals surface area contributed by atoms with Gasteiger partial charge in [0.25, 0.3) is 0 Å². The monoisotopic (exact) mass is 719 g/mol. The van der Waals surface area contributed by atoms with E-state index in [1.807, 2.05) is 95.6 Å². The number of nitrogens with two attached hydrogens (primary N) is 1. The average Bonchev–Trinajstić information content (AvgIpc) is 3.70. The van der Waals surface area contributed by atoms with E-state index < -0.39 is 23.6 Å². The van der Waals surface area contributed by atoms with E-state index in [0.29, 0.717) is 32.3 Å². The molecule has 1 aliphatic rings. The summed E-state index contributed by atoms with van der Waals surface area (Å²) in [5, 5.41) is 16.6. The lowest BCUT2D eigenvalue weighted by Crippen LogP contribution is -2.57. The number of carbonyl (C=O) groups is 4. The van der Waals surface area contributed by atoms with Crippen LogP contribution in [0.5, 0.6) is 5.75 Å². The Morgan fingerprint density at radius 3 is 2.45 bits per heavy atom. The van der Waals surface area contributed by atoms with Crippen LogP contribution in [0, 0.1) is 18.3 Å². The quantitative estimate of drug-likeness (QED) is 0.160. The molecule has 5 N–H and O–H groups in total. The van der Waals surface area contributed by atoms with Crippen molar-refractivity contribution in [2.24, 2.45) is 17.1 Å². The fourth-order valence-corrected chi connectivity index (χ4v) is 7.01. The van der Waals surface area contributed by atoms with Gasteiger partial charge in [-0.15, -0.1) is 11.3 Å². The Labute approximate surface area is 305 Å². The minimum Gasteiger partial charge on any atom is -0.493 e. The van der Waals surface area contributed by atoms with Gasteiger partial charge < -0.3 is 31.1 Å². The number of ether oxygens (including phenoxy) is 1. The van der Waals surface area contributed by atoms with Crippen molar-refractivity contribution < 1.29 is 29.0 Å². The fraction of sp³-hybridized carbons (Fsp3) is 0.513. The molecule has 0 unspecified atom stereocenters. The molecule has 276 valence electrons. The predicted octanol–water partition coefficient (Wildman–Crippen LogP) is 5.09. The van der Waals surface area contributed by atoms with Crippen molar-refractivity contribution in [3.8, 4) is 16.2 Å². The van der Waals surface area contributed by atoms with E-state index in [4.69, 9.17) is 10.5 Å². The zero-order valence-electron chi connectivity index (χ0n) is 30.6. The minimum atomic E-state index is -0.890. The molecule has 3 aromatic rings. The first kappa shape index (κ1) is 39.5. The third-order valence-electron chi connectivity index (χ3n) is 9.25. The number of hydrogen-bond acceptors (Lipinski definition) is 8. The Bertz CT molecular complexity index is 1650. The zero-order valence-corrected chi connectivity index (χ0v) is 31.4. The molecular formula is C39H53N5O6S. The highest BCUT2D eigenvalue weighted by atomic mass is 32.1. The predicted molar refractivity (Wildman–Crippen MR) is 199 cm³/mol. The second kappa shape index (κ2) is 17.8. The Kier molecular flexibility index (Phi) is 13.8. The minimum absolute atomic E-state index is 0.0129. The van der Waals surface area contributed by atoms with Crippen molar-refractivity contribution >= 4 is 35.0 Å². The molecular weight excluding hydrogens is 667 g/mol. The standard InChI is InChI=1S/C39H53N5O6S/c1-24(13-18-33(40)46)22-50-31-11-7-9-27(19-31)10-8-12-34(47)43-36(39(4,5)6)38(49)44-21-30(45)20-32(44)37(48)42-25(2)28-14-16-29(17-15-28)35-26(3)41-23-51-35/h7,9,11,14-17,19,23-25,30,32,36,45H,8,10,12-13,18,20-22H2,1-6H3,(H2,40,46)(H,42,48)(H,43,47)/t24-,25-,30+,32-,36+/m0/s1. The number of β-amino-alcohol motifs (C(OH)–C–C–N with tert-alkyl or cyclic N) is 1. The molecule has 0 saturated carbocycles. The largest absolute Gasteiger partial charge is 0.493 e. The molecule has 1 saturated heterocycles. The maximum absolute atomic E-state index is 14.0. The van der Waals surface area contributed by atoms with Crippen molar-refractivity contribution in [2.75, 3.05) is 13.2 Å². The number of thiazole rings is 1. The number of aryl methyl sites for hydroxylation is 2. The Morgan fingerprint density at radius 1 is 1.08 bits per heavy atom. The Hall–Kier alpha value is -4.29. The number of rotatable bonds is 16. The summed E-state index contributed by atoms with van der Waals surface area (Å²) in [4.78, 5) is 58.7. The van der Waals surface area contributed by atoms with Gasteiger partial charge in [-0.25, -0.2) is 4.98 Å². The Balaban J connectivity index is 1.32. The molecule has 5 atom stereocenters. The number of hydrogen-bond donors (Lipinski definition) is 4. The molecule has 1 aromatic heterocycles. The van der Waals surface area contributed by atoms with Gasteiger partial charge in [-0.1, -0.05) is 64.1 Å². The number of aromatic nitrogens is 1. The lowest BCUT2D eigenvalue weighted by atomic mass is 9.85. The van der Waals surface area contributed by atoms with Crippen LogP contribution in [0.25, 0.3) is 10.4 Å². The van der Waals surface area contributed by atoms with Crippen LogP contribution in [-0.4, -0.2) is 70.0 Å². The van der Waals surface area contributed by atoms with Gasteiger partial charge in [-0.05, 0) is 73.3 Å². The smallest absolute Gasteiger partial charge is 0.246 e. The normalized spacial score (nSPS) is 17.7. The van der Waals surface area contributed by atoms with Crippen LogP contribution in [0.4, 0.5) is 0 Å². The lowest BCUT2D eigenvalue weighted by molar-refractivity contribution is -0.144. The summed E-state index contributed by atoms with van der Waals surface area (Å²) in [7, 11) is 0. The molecule has 12 heteroatoms. The molecule has 2 aromatic carbocycles. The number of nitrogens with one attached hydrogen (secondary N) is 2. The SMILES string of the molecule is Cc1ncsc1-c1ccc([C@H](C)NC(=O)[C@@H]2C[C@@H](O)CN2C(=O)[C@@H](NC(=O)CCCc2cccc(OC[C@@H](C)CCC(N)=O)c2)C(C)(C)C)cc1. The van der Waals surface area contributed by atoms with Gasteiger partial charge in [-0.2, -0.15) is 0 Å². The third-order valence-corrected chi connectivity index (χ3v) is 10.2. The molecule has 0 spiro atoms. The van der Waals surface area contributed by atoms with Crippen LogP contribution >= 0.6 is 11.3 Å². The second-order valence-corrected chi connectivity index (χ2v) is 15.7. The maximum Gasteiger partial charge on any atom is 0.246 e. The van der Waals surface area contributed by atoms with Gasteiger partial charge in [0, 0.05) is 25.8 Å². The molecule has 1 fully saturated rings. The number of likely N-dealkylation sites (tertiary alicyclic amines) is 1. The van der Waals surface area contributed by atoms with Gasteiger partial charge in [0.2, 0.25) is 23.6 Å². The van der Waals surface area contributed by atoms with E-state index in [9.17, 15) is 24.3 Å². The van der Waals surface area contributed by atoms with E-state index in [0.717, 1.165) is 33.0 Å². The highest BCUT2D eigenvalue weighted by molar-refractivity contribution is 7.13. The van der Waals surface area contributed by atoms with Crippen LogP contribution in [0.15, 0.2) is 54.0 Å². The number of carbonyl (C=O) groups excluding carboxylic acids is 4. The van der Waals surface area contributed by atoms with Crippen molar-refractivity contribution in [1.82, 2.24) is 20.5 Å². The van der Waals surface area contributed by atoms with Crippen molar-refractivity contribution in [3.05, 3.63) is 70.9 Å². The first-order valence-electron chi connectivity index (χ1n) is 17.7. The second-order valence-electron chi connectivity index (χ2n) is 14.8. The Morgan fingerprint density at radius 2 is 1.80 bits per heavy atom. The number of benzene rings is 2. The summed E-state index contributed by atoms with van der Waals surface area (Å²) >= 11 is 1.58. The van der Waals surface area contributed by atoms with Crippen LogP contribution in [-0.2, 0) is 25.6 Å². The van der Waals surface area contributed by atoms with Crippen molar-refractivity contribution in [1.29, 1.82) is 0 Å². The van der Waals surface area contributed by atoms with Gasteiger partial charge in [-0.3, -0.25) is 19.2 Å². The highest BCUT2D eigenvalue weighted by Crippen LogP contribution is 2.30. The summed E-state index contributed by atoms with van der Waals surface area (Å²) in [6, 6.07) is 13.6. The third kappa shape index (κ3) is 11.4. The van der Waals surface area contributed by atoms with Gasteiger partial charge in [0.15, 0.2) is 0 Å². The highest BCUT2D eigenvalue weighted by Gasteiger charge is 2.44. The van der Waals surface area contributed by atoms with E-state index in [-0.39, 0.29) is 55.0 Å². The number of aliphatic hydroxyl groups excluding tert-OH is 1. The molecule has 4 rings (SSSR count). The first-order chi connectivity index (χ1) is 24.1. The molecule has 2 heterocycles. The summed E-state index contributed by atoms with van der Waals surface area (Å²) in [5.74, 6) is -0.408. The summed E-state index contributed by atoms with van der Waals surface area (Å²) in [6.45, 7) is 12.0. The molecule has 51 heavy (non-hydrogen) atoms. The summed E-state index contributed by atoms with van der Waals surface area (Å²) in [5.41, 5.74) is 10.4. The van der Waals surface area contributed by atoms with E-state index in [1.54, 1.807) is 11.3 Å². The summed E-state index contributed by atoms with van der Waals surface area (Å²) in [6.07, 6.45) is 1.67. The molecule has 0 aliphatic carbocycles. The van der Waals surface area contributed by atoms with Crippen LogP contribution in [0.2, 0.25) is 0 Å². The van der Waals surface area contributed by atoms with E-state index in [2.05, 4.69) is 15.6 Å².